The van der Waals surface area contributed by atoms with E-state index in [0.29, 0.717) is 18.7 Å². The predicted molar refractivity (Wildman–Crippen MR) is 120 cm³/mol. The van der Waals surface area contributed by atoms with Crippen LogP contribution in [0.4, 0.5) is 0 Å². The average Bonchev–Trinajstić information content (AvgIpc) is 3.19. The first-order chi connectivity index (χ1) is 15.1. The van der Waals surface area contributed by atoms with Gasteiger partial charge in [0, 0.05) is 52.4 Å². The van der Waals surface area contributed by atoms with Crippen molar-refractivity contribution in [3.63, 3.8) is 0 Å². The maximum Gasteiger partial charge on any atom is 0.258 e. The lowest BCUT2D eigenvalue weighted by atomic mass is 10.1. The van der Waals surface area contributed by atoms with Gasteiger partial charge in [-0.25, -0.2) is 0 Å². The number of unbranched alkanes of at least 4 members (excludes halogenated alkanes) is 1. The molecule has 8 heteroatoms. The van der Waals surface area contributed by atoms with E-state index >= 15 is 0 Å². The molecular weight excluding hydrogens is 410 g/mol. The summed E-state index contributed by atoms with van der Waals surface area (Å²) in [7, 11) is 4.99. The number of fused-ring (bicyclic) bond motifs is 1. The van der Waals surface area contributed by atoms with Gasteiger partial charge in [0.1, 0.15) is 11.5 Å². The topological polar surface area (TPSA) is 101 Å². The van der Waals surface area contributed by atoms with E-state index in [0.717, 1.165) is 30.0 Å². The average molecular weight is 440 g/mol. The van der Waals surface area contributed by atoms with Crippen molar-refractivity contribution in [3.05, 3.63) is 58.1 Å². The summed E-state index contributed by atoms with van der Waals surface area (Å²) in [6.07, 6.45) is 1.73. The first kappa shape index (κ1) is 23.1. The number of benzene rings is 2. The van der Waals surface area contributed by atoms with Crippen molar-refractivity contribution in [2.24, 2.45) is 0 Å². The third kappa shape index (κ3) is 4.54. The molecular formula is C24H29N3O5. The Kier molecular flexibility index (Phi) is 6.72. The number of hydrogen-bond donors (Lipinski definition) is 2. The second-order valence-electron chi connectivity index (χ2n) is 8.31. The predicted octanol–water partition coefficient (Wildman–Crippen LogP) is 2.83. The molecule has 0 saturated carbocycles. The second kappa shape index (κ2) is 9.30. The van der Waals surface area contributed by atoms with Crippen LogP contribution in [0.25, 0.3) is 0 Å². The summed E-state index contributed by atoms with van der Waals surface area (Å²) >= 11 is 0. The summed E-state index contributed by atoms with van der Waals surface area (Å²) < 4.78 is 0. The van der Waals surface area contributed by atoms with Crippen LogP contribution in [0.2, 0.25) is 0 Å². The number of carbonyl (C=O) groups excluding carboxylic acids is 3. The van der Waals surface area contributed by atoms with Gasteiger partial charge < -0.3 is 24.9 Å². The van der Waals surface area contributed by atoms with Crippen LogP contribution < -0.4 is 0 Å². The highest BCUT2D eigenvalue weighted by Gasteiger charge is 2.29. The van der Waals surface area contributed by atoms with Gasteiger partial charge in [-0.1, -0.05) is 19.4 Å². The number of amides is 3. The first-order valence-electron chi connectivity index (χ1n) is 10.6. The van der Waals surface area contributed by atoms with Crippen molar-refractivity contribution in [1.29, 1.82) is 0 Å². The summed E-state index contributed by atoms with van der Waals surface area (Å²) in [5, 5.41) is 20.5. The summed E-state index contributed by atoms with van der Waals surface area (Å²) in [5.41, 5.74) is 2.24. The lowest BCUT2D eigenvalue weighted by Crippen LogP contribution is -2.29. The van der Waals surface area contributed by atoms with Gasteiger partial charge >= 0.3 is 0 Å². The molecule has 0 fully saturated rings. The summed E-state index contributed by atoms with van der Waals surface area (Å²) in [4.78, 5) is 42.7. The largest absolute Gasteiger partial charge is 0.507 e. The third-order valence-corrected chi connectivity index (χ3v) is 5.64. The van der Waals surface area contributed by atoms with E-state index in [-0.39, 0.29) is 35.1 Å². The van der Waals surface area contributed by atoms with E-state index in [1.54, 1.807) is 33.3 Å². The highest BCUT2D eigenvalue weighted by Crippen LogP contribution is 2.32. The minimum Gasteiger partial charge on any atom is -0.507 e. The van der Waals surface area contributed by atoms with Gasteiger partial charge in [-0.2, -0.15) is 0 Å². The first-order valence-corrected chi connectivity index (χ1v) is 10.6. The Bertz CT molecular complexity index is 1060. The molecule has 170 valence electrons. The molecule has 2 N–H and O–H groups in total. The van der Waals surface area contributed by atoms with Gasteiger partial charge in [-0.3, -0.25) is 14.4 Å². The van der Waals surface area contributed by atoms with Crippen LogP contribution in [0.3, 0.4) is 0 Å². The van der Waals surface area contributed by atoms with Crippen LogP contribution in [0.5, 0.6) is 11.5 Å². The third-order valence-electron chi connectivity index (χ3n) is 5.64. The Balaban J connectivity index is 1.84. The molecule has 2 aromatic carbocycles. The summed E-state index contributed by atoms with van der Waals surface area (Å²) in [5.74, 6) is -1.75. The van der Waals surface area contributed by atoms with E-state index in [4.69, 9.17) is 0 Å². The van der Waals surface area contributed by atoms with Gasteiger partial charge in [-0.05, 0) is 35.7 Å². The number of nitrogens with zero attached hydrogens (tertiary/aromatic N) is 3. The SMILES string of the molecule is CCCCN(C)C(=O)c1cc(C(=O)N2Cc3ccc(C(=O)N(C)C)cc3C2)c(O)cc1O. The Labute approximate surface area is 187 Å². The van der Waals surface area contributed by atoms with Crippen LogP contribution in [0, 0.1) is 0 Å². The molecule has 2 aromatic rings. The Morgan fingerprint density at radius 2 is 1.56 bits per heavy atom. The molecule has 0 aliphatic carbocycles. The molecule has 1 heterocycles. The van der Waals surface area contributed by atoms with Crippen molar-refractivity contribution in [1.82, 2.24) is 14.7 Å². The number of aromatic hydroxyl groups is 2. The van der Waals surface area contributed by atoms with Crippen molar-refractivity contribution in [3.8, 4) is 11.5 Å². The zero-order valence-electron chi connectivity index (χ0n) is 18.9. The van der Waals surface area contributed by atoms with E-state index in [1.165, 1.54) is 20.8 Å². The minimum atomic E-state index is -0.454. The van der Waals surface area contributed by atoms with E-state index in [2.05, 4.69) is 0 Å². The van der Waals surface area contributed by atoms with Gasteiger partial charge in [-0.15, -0.1) is 0 Å². The molecule has 0 atom stereocenters. The summed E-state index contributed by atoms with van der Waals surface area (Å²) in [6.45, 7) is 3.14. The lowest BCUT2D eigenvalue weighted by Gasteiger charge is -2.20. The smallest absolute Gasteiger partial charge is 0.258 e. The van der Waals surface area contributed by atoms with Crippen LogP contribution in [-0.2, 0) is 13.1 Å². The monoisotopic (exact) mass is 439 g/mol. The van der Waals surface area contributed by atoms with E-state index < -0.39 is 11.8 Å². The van der Waals surface area contributed by atoms with Crippen LogP contribution in [0.1, 0.15) is 62.0 Å². The molecule has 3 rings (SSSR count). The fourth-order valence-electron chi connectivity index (χ4n) is 3.72. The van der Waals surface area contributed by atoms with Gasteiger partial charge in [0.05, 0.1) is 11.1 Å². The molecule has 1 aliphatic rings. The zero-order chi connectivity index (χ0) is 23.6. The molecule has 0 unspecified atom stereocenters. The van der Waals surface area contributed by atoms with Gasteiger partial charge in [0.2, 0.25) is 0 Å². The molecule has 0 bridgehead atoms. The molecule has 0 spiro atoms. The van der Waals surface area contributed by atoms with E-state index in [1.807, 2.05) is 13.0 Å². The highest BCUT2D eigenvalue weighted by molar-refractivity contribution is 6.03. The Hall–Kier alpha value is -3.55. The van der Waals surface area contributed by atoms with Crippen LogP contribution in [-0.4, -0.2) is 70.3 Å². The van der Waals surface area contributed by atoms with Gasteiger partial charge in [0.15, 0.2) is 0 Å². The number of phenols is 2. The maximum atomic E-state index is 13.2. The van der Waals surface area contributed by atoms with Crippen molar-refractivity contribution >= 4 is 17.7 Å². The van der Waals surface area contributed by atoms with Gasteiger partial charge in [0.25, 0.3) is 17.7 Å². The number of phenolic OH excluding ortho intramolecular Hbond substituents is 2. The normalized spacial score (nSPS) is 12.4. The van der Waals surface area contributed by atoms with E-state index in [9.17, 15) is 24.6 Å². The fraction of sp³-hybridized carbons (Fsp3) is 0.375. The molecule has 0 aromatic heterocycles. The Morgan fingerprint density at radius 1 is 0.906 bits per heavy atom. The summed E-state index contributed by atoms with van der Waals surface area (Å²) in [6, 6.07) is 7.62. The second-order valence-corrected chi connectivity index (χ2v) is 8.31. The fourth-order valence-corrected chi connectivity index (χ4v) is 3.72. The number of hydrogen-bond acceptors (Lipinski definition) is 5. The highest BCUT2D eigenvalue weighted by atomic mass is 16.3. The molecule has 8 nitrogen and oxygen atoms in total. The van der Waals surface area contributed by atoms with Crippen molar-refractivity contribution in [2.75, 3.05) is 27.7 Å². The molecule has 0 radical (unpaired) electrons. The number of carbonyl (C=O) groups is 3. The molecule has 0 saturated heterocycles. The quantitative estimate of drug-likeness (QED) is 0.721. The lowest BCUT2D eigenvalue weighted by molar-refractivity contribution is 0.0748. The van der Waals surface area contributed by atoms with Crippen molar-refractivity contribution in [2.45, 2.75) is 32.9 Å². The molecule has 3 amide bonds. The van der Waals surface area contributed by atoms with Crippen molar-refractivity contribution < 1.29 is 24.6 Å². The van der Waals surface area contributed by atoms with Crippen LogP contribution >= 0.6 is 0 Å². The minimum absolute atomic E-state index is 0.0275. The Morgan fingerprint density at radius 3 is 2.22 bits per heavy atom. The maximum absolute atomic E-state index is 13.2. The standard InChI is InChI=1S/C24H29N3O5/c1-5-6-9-26(4)23(31)18-11-19(21(29)12-20(18)28)24(32)27-13-16-8-7-15(10-17(16)14-27)22(30)25(2)3/h7-8,10-12,28-29H,5-6,9,13-14H2,1-4H3. The zero-order valence-corrected chi connectivity index (χ0v) is 18.9. The number of rotatable bonds is 6. The molecule has 32 heavy (non-hydrogen) atoms. The molecule has 1 aliphatic heterocycles. The van der Waals surface area contributed by atoms with Crippen LogP contribution in [0.15, 0.2) is 30.3 Å².